The number of hydrogen-bond acceptors (Lipinski definition) is 6. The summed E-state index contributed by atoms with van der Waals surface area (Å²) in [6.07, 6.45) is 6.98. The van der Waals surface area contributed by atoms with Gasteiger partial charge in [0.15, 0.2) is 5.65 Å². The number of rotatable bonds is 6. The van der Waals surface area contributed by atoms with Gasteiger partial charge in [0.05, 0.1) is 30.5 Å². The summed E-state index contributed by atoms with van der Waals surface area (Å²) in [7, 11) is 0. The van der Waals surface area contributed by atoms with E-state index in [-0.39, 0.29) is 17.9 Å². The second kappa shape index (κ2) is 9.07. The predicted octanol–water partition coefficient (Wildman–Crippen LogP) is 3.52. The molecule has 156 valence electrons. The number of carbonyl (C=O) groups is 1. The first-order chi connectivity index (χ1) is 14.6. The quantitative estimate of drug-likeness (QED) is 0.676. The van der Waals surface area contributed by atoms with Crippen LogP contribution in [0.4, 0.5) is 5.69 Å². The van der Waals surface area contributed by atoms with Gasteiger partial charge in [-0.1, -0.05) is 12.1 Å². The Morgan fingerprint density at radius 1 is 1.23 bits per heavy atom. The molecule has 0 bridgehead atoms. The van der Waals surface area contributed by atoms with E-state index in [0.29, 0.717) is 18.8 Å². The molecule has 0 spiro atoms. The van der Waals surface area contributed by atoms with E-state index in [1.807, 2.05) is 50.4 Å². The number of pyridine rings is 1. The topological polar surface area (TPSA) is 80.2 Å². The summed E-state index contributed by atoms with van der Waals surface area (Å²) in [5.74, 6) is 0.882. The normalized spacial score (nSPS) is 17.5. The Bertz CT molecular complexity index is 1010. The number of amides is 1. The zero-order valence-corrected chi connectivity index (χ0v) is 17.4. The number of benzene rings is 1. The Morgan fingerprint density at radius 3 is 2.83 bits per heavy atom. The summed E-state index contributed by atoms with van der Waals surface area (Å²) in [6.45, 7) is 6.20. The molecule has 0 radical (unpaired) electrons. The average molecular weight is 406 g/mol. The van der Waals surface area contributed by atoms with E-state index >= 15 is 0 Å². The molecular formula is C23H27N5O2. The van der Waals surface area contributed by atoms with Crippen molar-refractivity contribution in [3.05, 3.63) is 54.5 Å². The van der Waals surface area contributed by atoms with E-state index in [2.05, 4.69) is 25.2 Å². The highest BCUT2D eigenvalue weighted by molar-refractivity contribution is 5.80. The summed E-state index contributed by atoms with van der Waals surface area (Å²) >= 11 is 0. The van der Waals surface area contributed by atoms with Gasteiger partial charge < -0.3 is 15.0 Å². The van der Waals surface area contributed by atoms with Gasteiger partial charge in [0.2, 0.25) is 5.91 Å². The van der Waals surface area contributed by atoms with Crippen LogP contribution in [0, 0.1) is 5.92 Å². The maximum absolute atomic E-state index is 12.9. The van der Waals surface area contributed by atoms with E-state index < -0.39 is 0 Å². The summed E-state index contributed by atoms with van der Waals surface area (Å²) < 4.78 is 5.49. The van der Waals surface area contributed by atoms with Crippen LogP contribution in [-0.4, -0.2) is 40.6 Å². The van der Waals surface area contributed by atoms with Crippen molar-refractivity contribution in [3.8, 4) is 5.75 Å². The molecule has 1 N–H and O–H groups in total. The molecule has 0 saturated carbocycles. The van der Waals surface area contributed by atoms with Gasteiger partial charge in [-0.3, -0.25) is 9.78 Å². The van der Waals surface area contributed by atoms with Crippen LogP contribution in [0.15, 0.2) is 48.9 Å². The number of aromatic nitrogens is 3. The Kier molecular flexibility index (Phi) is 6.07. The van der Waals surface area contributed by atoms with Crippen LogP contribution in [0.3, 0.4) is 0 Å². The maximum atomic E-state index is 12.9. The number of nitrogens with one attached hydrogen (secondary N) is 1. The smallest absolute Gasteiger partial charge is 0.225 e. The molecular weight excluding hydrogens is 378 g/mol. The number of hydrogen-bond donors (Lipinski definition) is 1. The molecule has 2 aromatic heterocycles. The second-order valence-electron chi connectivity index (χ2n) is 7.61. The van der Waals surface area contributed by atoms with Crippen molar-refractivity contribution in [2.45, 2.75) is 32.7 Å². The number of fused-ring (bicyclic) bond motifs is 1. The average Bonchev–Trinajstić information content (AvgIpc) is 2.79. The predicted molar refractivity (Wildman–Crippen MR) is 116 cm³/mol. The Labute approximate surface area is 176 Å². The fourth-order valence-electron chi connectivity index (χ4n) is 3.88. The van der Waals surface area contributed by atoms with Crippen LogP contribution in [0.2, 0.25) is 0 Å². The number of nitrogens with zero attached hydrogens (tertiary/aromatic N) is 4. The lowest BCUT2D eigenvalue weighted by molar-refractivity contribution is -0.125. The monoisotopic (exact) mass is 405 g/mol. The lowest BCUT2D eigenvalue weighted by atomic mass is 9.96. The molecule has 1 aliphatic heterocycles. The van der Waals surface area contributed by atoms with Gasteiger partial charge in [0.1, 0.15) is 11.3 Å². The third-order valence-corrected chi connectivity index (χ3v) is 5.52. The Hall–Kier alpha value is -3.22. The van der Waals surface area contributed by atoms with Gasteiger partial charge in [-0.2, -0.15) is 0 Å². The number of piperidine rings is 1. The molecule has 30 heavy (non-hydrogen) atoms. The second-order valence-corrected chi connectivity index (χ2v) is 7.61. The van der Waals surface area contributed by atoms with E-state index in [4.69, 9.17) is 4.74 Å². The minimum atomic E-state index is -0.0545. The molecule has 0 aliphatic carbocycles. The van der Waals surface area contributed by atoms with Crippen LogP contribution in [0.1, 0.15) is 38.3 Å². The molecule has 3 aromatic rings. The molecule has 1 amide bonds. The van der Waals surface area contributed by atoms with Crippen LogP contribution < -0.4 is 15.0 Å². The molecule has 3 heterocycles. The third kappa shape index (κ3) is 4.50. The minimum absolute atomic E-state index is 0.0542. The number of carbonyl (C=O) groups excluding carboxylic acids is 1. The SMILES string of the molecule is CCOc1ccc([C@@H](C)NC(=O)[C@@H]2CCCN(c3cnc4nccnc4c3)C2)cc1. The van der Waals surface area contributed by atoms with E-state index in [9.17, 15) is 4.79 Å². The van der Waals surface area contributed by atoms with Crippen LogP contribution >= 0.6 is 0 Å². The largest absolute Gasteiger partial charge is 0.494 e. The third-order valence-electron chi connectivity index (χ3n) is 5.52. The van der Waals surface area contributed by atoms with Crippen molar-refractivity contribution in [3.63, 3.8) is 0 Å². The molecule has 7 nitrogen and oxygen atoms in total. The highest BCUT2D eigenvalue weighted by Gasteiger charge is 2.27. The molecule has 1 aromatic carbocycles. The minimum Gasteiger partial charge on any atom is -0.494 e. The van der Waals surface area contributed by atoms with Crippen LogP contribution in [0.25, 0.3) is 11.2 Å². The Balaban J connectivity index is 1.40. The first-order valence-corrected chi connectivity index (χ1v) is 10.5. The van der Waals surface area contributed by atoms with Gasteiger partial charge in [0, 0.05) is 25.5 Å². The lowest BCUT2D eigenvalue weighted by Gasteiger charge is -2.34. The van der Waals surface area contributed by atoms with Gasteiger partial charge in [0.25, 0.3) is 0 Å². The van der Waals surface area contributed by atoms with Crippen molar-refractivity contribution < 1.29 is 9.53 Å². The standard InChI is InChI=1S/C23H27N5O2/c1-3-30-20-8-6-17(7-9-20)16(2)27-23(29)18-5-4-12-28(15-18)19-13-21-22(26-14-19)25-11-10-24-21/h6-11,13-14,16,18H,3-5,12,15H2,1-2H3,(H,27,29)/t16-,18-/m1/s1. The summed E-state index contributed by atoms with van der Waals surface area (Å²) in [6, 6.07) is 9.84. The van der Waals surface area contributed by atoms with Crippen molar-refractivity contribution in [2.24, 2.45) is 5.92 Å². The Morgan fingerprint density at radius 2 is 2.03 bits per heavy atom. The molecule has 1 aliphatic rings. The fourth-order valence-corrected chi connectivity index (χ4v) is 3.88. The number of anilines is 1. The van der Waals surface area contributed by atoms with Crippen molar-refractivity contribution >= 4 is 22.8 Å². The number of ether oxygens (including phenoxy) is 1. The molecule has 2 atom stereocenters. The van der Waals surface area contributed by atoms with E-state index in [1.165, 1.54) is 0 Å². The van der Waals surface area contributed by atoms with Gasteiger partial charge in [-0.15, -0.1) is 0 Å². The fraction of sp³-hybridized carbons (Fsp3) is 0.391. The van der Waals surface area contributed by atoms with Crippen molar-refractivity contribution in [1.82, 2.24) is 20.3 Å². The van der Waals surface area contributed by atoms with E-state index in [0.717, 1.165) is 41.9 Å². The molecule has 1 fully saturated rings. The van der Waals surface area contributed by atoms with Gasteiger partial charge in [-0.05, 0) is 50.5 Å². The summed E-state index contributed by atoms with van der Waals surface area (Å²) in [5.41, 5.74) is 3.46. The zero-order chi connectivity index (χ0) is 20.9. The highest BCUT2D eigenvalue weighted by atomic mass is 16.5. The first-order valence-electron chi connectivity index (χ1n) is 10.5. The molecule has 4 rings (SSSR count). The van der Waals surface area contributed by atoms with Gasteiger partial charge in [-0.25, -0.2) is 9.97 Å². The van der Waals surface area contributed by atoms with Crippen molar-refractivity contribution in [2.75, 3.05) is 24.6 Å². The summed E-state index contributed by atoms with van der Waals surface area (Å²) in [5, 5.41) is 3.17. The molecule has 1 saturated heterocycles. The molecule has 7 heteroatoms. The van der Waals surface area contributed by atoms with Crippen molar-refractivity contribution in [1.29, 1.82) is 0 Å². The van der Waals surface area contributed by atoms with E-state index in [1.54, 1.807) is 12.4 Å². The van der Waals surface area contributed by atoms with Crippen LogP contribution in [-0.2, 0) is 4.79 Å². The zero-order valence-electron chi connectivity index (χ0n) is 17.4. The molecule has 0 unspecified atom stereocenters. The summed E-state index contributed by atoms with van der Waals surface area (Å²) in [4.78, 5) is 28.1. The van der Waals surface area contributed by atoms with Crippen LogP contribution in [0.5, 0.6) is 5.75 Å². The lowest BCUT2D eigenvalue weighted by Crippen LogP contribution is -2.43. The highest BCUT2D eigenvalue weighted by Crippen LogP contribution is 2.25. The van der Waals surface area contributed by atoms with Gasteiger partial charge >= 0.3 is 0 Å². The maximum Gasteiger partial charge on any atom is 0.225 e. The first kappa shape index (κ1) is 20.1.